The zero-order chi connectivity index (χ0) is 9.56. The molecular formula is C9H16O3. The van der Waals surface area contributed by atoms with E-state index in [2.05, 4.69) is 0 Å². The van der Waals surface area contributed by atoms with Gasteiger partial charge in [0.25, 0.3) is 0 Å². The SMILES string of the molecule is COC(C)=CC(OC)=C(C)OC. The van der Waals surface area contributed by atoms with Gasteiger partial charge in [-0.1, -0.05) is 0 Å². The molecule has 0 aliphatic carbocycles. The third-order valence-electron chi connectivity index (χ3n) is 1.53. The Bertz CT molecular complexity index is 192. The molecular weight excluding hydrogens is 156 g/mol. The minimum absolute atomic E-state index is 0.678. The summed E-state index contributed by atoms with van der Waals surface area (Å²) in [5, 5.41) is 0. The predicted octanol–water partition coefficient (Wildman–Crippen LogP) is 2.06. The average Bonchev–Trinajstić information content (AvgIpc) is 2.12. The Kier molecular flexibility index (Phi) is 5.00. The van der Waals surface area contributed by atoms with Gasteiger partial charge in [-0.2, -0.15) is 0 Å². The lowest BCUT2D eigenvalue weighted by Gasteiger charge is -2.06. The minimum Gasteiger partial charge on any atom is -0.501 e. The van der Waals surface area contributed by atoms with Crippen LogP contribution in [0.15, 0.2) is 23.4 Å². The van der Waals surface area contributed by atoms with Crippen molar-refractivity contribution in [3.8, 4) is 0 Å². The molecule has 0 bridgehead atoms. The van der Waals surface area contributed by atoms with Gasteiger partial charge in [-0.25, -0.2) is 0 Å². The van der Waals surface area contributed by atoms with E-state index in [0.29, 0.717) is 5.76 Å². The minimum atomic E-state index is 0.678. The number of hydrogen-bond acceptors (Lipinski definition) is 3. The summed E-state index contributed by atoms with van der Waals surface area (Å²) in [6.07, 6.45) is 1.78. The molecule has 0 aromatic heterocycles. The van der Waals surface area contributed by atoms with E-state index in [9.17, 15) is 0 Å². The zero-order valence-electron chi connectivity index (χ0n) is 8.30. The van der Waals surface area contributed by atoms with Crippen LogP contribution in [0.4, 0.5) is 0 Å². The highest BCUT2D eigenvalue weighted by Crippen LogP contribution is 2.09. The summed E-state index contributed by atoms with van der Waals surface area (Å²) < 4.78 is 15.0. The zero-order valence-corrected chi connectivity index (χ0v) is 8.30. The number of rotatable bonds is 4. The van der Waals surface area contributed by atoms with Crippen molar-refractivity contribution < 1.29 is 14.2 Å². The fourth-order valence-corrected chi connectivity index (χ4v) is 0.648. The second kappa shape index (κ2) is 5.52. The molecule has 3 heteroatoms. The Labute approximate surface area is 73.6 Å². The van der Waals surface area contributed by atoms with Crippen molar-refractivity contribution in [2.45, 2.75) is 13.8 Å². The van der Waals surface area contributed by atoms with Crippen LogP contribution in [0.1, 0.15) is 13.8 Å². The first-order chi connectivity index (χ1) is 5.65. The molecule has 0 radical (unpaired) electrons. The summed E-state index contributed by atoms with van der Waals surface area (Å²) in [4.78, 5) is 0. The topological polar surface area (TPSA) is 27.7 Å². The van der Waals surface area contributed by atoms with Gasteiger partial charge in [0.05, 0.1) is 27.1 Å². The normalized spacial score (nSPS) is 13.6. The maximum atomic E-state index is 5.07. The van der Waals surface area contributed by atoms with E-state index >= 15 is 0 Å². The molecule has 0 saturated carbocycles. The van der Waals surface area contributed by atoms with Gasteiger partial charge in [-0.15, -0.1) is 0 Å². The summed E-state index contributed by atoms with van der Waals surface area (Å²) in [6.45, 7) is 3.68. The Hall–Kier alpha value is -1.12. The van der Waals surface area contributed by atoms with E-state index < -0.39 is 0 Å². The second-order valence-electron chi connectivity index (χ2n) is 2.29. The summed E-state index contributed by atoms with van der Waals surface area (Å²) in [6, 6.07) is 0. The molecule has 0 saturated heterocycles. The van der Waals surface area contributed by atoms with Gasteiger partial charge < -0.3 is 14.2 Å². The van der Waals surface area contributed by atoms with E-state index in [1.807, 2.05) is 13.8 Å². The van der Waals surface area contributed by atoms with Crippen molar-refractivity contribution in [2.24, 2.45) is 0 Å². The highest BCUT2D eigenvalue weighted by atomic mass is 16.5. The molecule has 0 aromatic carbocycles. The van der Waals surface area contributed by atoms with Crippen LogP contribution >= 0.6 is 0 Å². The maximum Gasteiger partial charge on any atom is 0.159 e. The van der Waals surface area contributed by atoms with Crippen LogP contribution in [0.3, 0.4) is 0 Å². The Morgan fingerprint density at radius 3 is 1.83 bits per heavy atom. The molecule has 0 rings (SSSR count). The molecule has 0 amide bonds. The third kappa shape index (κ3) is 3.32. The Morgan fingerprint density at radius 1 is 0.917 bits per heavy atom. The average molecular weight is 172 g/mol. The molecule has 0 aliphatic heterocycles. The Morgan fingerprint density at radius 2 is 1.50 bits per heavy atom. The van der Waals surface area contributed by atoms with Gasteiger partial charge in [-0.3, -0.25) is 0 Å². The lowest BCUT2D eigenvalue weighted by atomic mass is 10.3. The van der Waals surface area contributed by atoms with Gasteiger partial charge in [0.1, 0.15) is 5.76 Å². The molecule has 0 unspecified atom stereocenters. The highest BCUT2D eigenvalue weighted by molar-refractivity contribution is 5.16. The lowest BCUT2D eigenvalue weighted by Crippen LogP contribution is -1.92. The number of hydrogen-bond donors (Lipinski definition) is 0. The van der Waals surface area contributed by atoms with Gasteiger partial charge >= 0.3 is 0 Å². The van der Waals surface area contributed by atoms with Crippen molar-refractivity contribution in [1.29, 1.82) is 0 Å². The number of allylic oxidation sites excluding steroid dienone is 3. The first-order valence-electron chi connectivity index (χ1n) is 3.66. The molecule has 0 heterocycles. The number of ether oxygens (including phenoxy) is 3. The van der Waals surface area contributed by atoms with Crippen LogP contribution in [-0.2, 0) is 14.2 Å². The molecule has 0 spiro atoms. The molecule has 0 aromatic rings. The van der Waals surface area contributed by atoms with Crippen LogP contribution in [0.5, 0.6) is 0 Å². The van der Waals surface area contributed by atoms with Crippen LogP contribution in [0.25, 0.3) is 0 Å². The standard InChI is InChI=1S/C9H16O3/c1-7(10-3)6-9(12-5)8(2)11-4/h6H,1-5H3. The van der Waals surface area contributed by atoms with E-state index in [-0.39, 0.29) is 0 Å². The summed E-state index contributed by atoms with van der Waals surface area (Å²) in [5.41, 5.74) is 0. The summed E-state index contributed by atoms with van der Waals surface area (Å²) >= 11 is 0. The molecule has 0 aliphatic rings. The van der Waals surface area contributed by atoms with Crippen LogP contribution in [-0.4, -0.2) is 21.3 Å². The monoisotopic (exact) mass is 172 g/mol. The third-order valence-corrected chi connectivity index (χ3v) is 1.53. The van der Waals surface area contributed by atoms with Crippen molar-refractivity contribution >= 4 is 0 Å². The smallest absolute Gasteiger partial charge is 0.159 e. The predicted molar refractivity (Wildman–Crippen MR) is 47.5 cm³/mol. The van der Waals surface area contributed by atoms with Crippen molar-refractivity contribution in [3.05, 3.63) is 23.4 Å². The molecule has 0 fully saturated rings. The second-order valence-corrected chi connectivity index (χ2v) is 2.29. The van der Waals surface area contributed by atoms with E-state index in [1.165, 1.54) is 0 Å². The van der Waals surface area contributed by atoms with Crippen molar-refractivity contribution in [2.75, 3.05) is 21.3 Å². The molecule has 0 N–H and O–H groups in total. The lowest BCUT2D eigenvalue weighted by molar-refractivity contribution is 0.227. The molecule has 12 heavy (non-hydrogen) atoms. The summed E-state index contributed by atoms with van der Waals surface area (Å²) in [5.74, 6) is 2.19. The van der Waals surface area contributed by atoms with E-state index in [4.69, 9.17) is 14.2 Å². The van der Waals surface area contributed by atoms with Crippen molar-refractivity contribution in [3.63, 3.8) is 0 Å². The molecule has 70 valence electrons. The fraction of sp³-hybridized carbons (Fsp3) is 0.556. The highest BCUT2D eigenvalue weighted by Gasteiger charge is 1.99. The van der Waals surface area contributed by atoms with Gasteiger partial charge in [-0.05, 0) is 13.8 Å². The fourth-order valence-electron chi connectivity index (χ4n) is 0.648. The van der Waals surface area contributed by atoms with Gasteiger partial charge in [0.15, 0.2) is 5.76 Å². The molecule has 3 nitrogen and oxygen atoms in total. The largest absolute Gasteiger partial charge is 0.501 e. The quantitative estimate of drug-likeness (QED) is 0.480. The first kappa shape index (κ1) is 10.9. The maximum absolute atomic E-state index is 5.07. The Balaban J connectivity index is 4.57. The van der Waals surface area contributed by atoms with Crippen LogP contribution < -0.4 is 0 Å². The molecule has 0 atom stereocenters. The van der Waals surface area contributed by atoms with Gasteiger partial charge in [0, 0.05) is 6.08 Å². The van der Waals surface area contributed by atoms with E-state index in [0.717, 1.165) is 11.5 Å². The van der Waals surface area contributed by atoms with Crippen LogP contribution in [0, 0.1) is 0 Å². The van der Waals surface area contributed by atoms with Crippen molar-refractivity contribution in [1.82, 2.24) is 0 Å². The summed E-state index contributed by atoms with van der Waals surface area (Å²) in [7, 11) is 4.81. The van der Waals surface area contributed by atoms with E-state index in [1.54, 1.807) is 27.4 Å². The van der Waals surface area contributed by atoms with Gasteiger partial charge in [0.2, 0.25) is 0 Å². The first-order valence-corrected chi connectivity index (χ1v) is 3.66. The van der Waals surface area contributed by atoms with Crippen LogP contribution in [0.2, 0.25) is 0 Å². The number of methoxy groups -OCH3 is 3.